The molecule has 1 atom stereocenters. The molecule has 2 amide bonds. The van der Waals surface area contributed by atoms with Crippen molar-refractivity contribution in [1.82, 2.24) is 34.9 Å². The van der Waals surface area contributed by atoms with E-state index in [1.807, 2.05) is 44.7 Å². The van der Waals surface area contributed by atoms with E-state index in [9.17, 15) is 9.59 Å². The third-order valence-corrected chi connectivity index (χ3v) is 8.11. The van der Waals surface area contributed by atoms with Crippen molar-refractivity contribution in [3.63, 3.8) is 0 Å². The fourth-order valence-electron chi connectivity index (χ4n) is 5.80. The molecule has 0 saturated carbocycles. The van der Waals surface area contributed by atoms with E-state index in [4.69, 9.17) is 14.7 Å². The van der Waals surface area contributed by atoms with E-state index >= 15 is 0 Å². The molecule has 3 aliphatic rings. The van der Waals surface area contributed by atoms with Gasteiger partial charge in [0.2, 0.25) is 5.91 Å². The summed E-state index contributed by atoms with van der Waals surface area (Å²) < 4.78 is 5.50. The lowest BCUT2D eigenvalue weighted by Gasteiger charge is -2.34. The van der Waals surface area contributed by atoms with Crippen LogP contribution in [-0.4, -0.2) is 112 Å². The van der Waals surface area contributed by atoms with E-state index in [-0.39, 0.29) is 17.9 Å². The number of aromatic amines is 1. The standard InChI is InChI=1S/C29H45N9O3/c1-20-16-25(34-33-20)31-24-18-26(36-14-12-35(5)13-15-36)32-23(30-24)17-21-6-9-38(19-21)27(39)22-7-10-37(11-8-22)28(40)41-29(2,3)4/h16,18,21-22H,6-15,17,19H2,1-5H3,(H2,30,31,32,33,34)/t21-/m1/s1. The number of ether oxygens (including phenoxy) is 1. The van der Waals surface area contributed by atoms with Crippen LogP contribution in [0.15, 0.2) is 12.1 Å². The Labute approximate surface area is 242 Å². The molecule has 41 heavy (non-hydrogen) atoms. The number of hydrogen-bond donors (Lipinski definition) is 2. The van der Waals surface area contributed by atoms with Crippen LogP contribution in [0.3, 0.4) is 0 Å². The second kappa shape index (κ2) is 12.2. The Kier molecular flexibility index (Phi) is 8.67. The molecule has 0 bridgehead atoms. The largest absolute Gasteiger partial charge is 0.444 e. The molecule has 12 heteroatoms. The third-order valence-electron chi connectivity index (χ3n) is 8.11. The maximum atomic E-state index is 13.4. The molecule has 2 aromatic rings. The number of aromatic nitrogens is 4. The van der Waals surface area contributed by atoms with Crippen LogP contribution < -0.4 is 10.2 Å². The predicted octanol–water partition coefficient (Wildman–Crippen LogP) is 3.04. The number of anilines is 3. The summed E-state index contributed by atoms with van der Waals surface area (Å²) in [6.45, 7) is 14.0. The molecule has 0 unspecified atom stereocenters. The third kappa shape index (κ3) is 7.66. The Morgan fingerprint density at radius 2 is 1.68 bits per heavy atom. The van der Waals surface area contributed by atoms with E-state index < -0.39 is 5.60 Å². The van der Waals surface area contributed by atoms with Crippen LogP contribution in [0.1, 0.15) is 51.6 Å². The Hall–Kier alpha value is -3.41. The summed E-state index contributed by atoms with van der Waals surface area (Å²) in [5.41, 5.74) is 0.462. The molecule has 5 rings (SSSR count). The molecule has 0 aromatic carbocycles. The molecule has 2 N–H and O–H groups in total. The Bertz CT molecular complexity index is 1210. The normalized spacial score (nSPS) is 20.9. The van der Waals surface area contributed by atoms with Crippen LogP contribution in [0.5, 0.6) is 0 Å². The highest BCUT2D eigenvalue weighted by atomic mass is 16.6. The molecule has 3 aliphatic heterocycles. The molecular weight excluding hydrogens is 522 g/mol. The van der Waals surface area contributed by atoms with Gasteiger partial charge >= 0.3 is 6.09 Å². The minimum absolute atomic E-state index is 0.0441. The van der Waals surface area contributed by atoms with Gasteiger partial charge in [-0.1, -0.05) is 0 Å². The lowest BCUT2D eigenvalue weighted by Crippen LogP contribution is -2.45. The average Bonchev–Trinajstić information content (AvgIpc) is 3.56. The number of amides is 2. The van der Waals surface area contributed by atoms with Crippen molar-refractivity contribution < 1.29 is 14.3 Å². The van der Waals surface area contributed by atoms with E-state index in [0.717, 1.165) is 74.5 Å². The van der Waals surface area contributed by atoms with Gasteiger partial charge < -0.3 is 29.7 Å². The topological polar surface area (TPSA) is 123 Å². The summed E-state index contributed by atoms with van der Waals surface area (Å²) in [7, 11) is 2.15. The molecule has 0 spiro atoms. The number of likely N-dealkylation sites (N-methyl/N-ethyl adjacent to an activating group) is 1. The second-order valence-corrected chi connectivity index (χ2v) is 12.8. The van der Waals surface area contributed by atoms with Crippen LogP contribution in [0, 0.1) is 18.8 Å². The summed E-state index contributed by atoms with van der Waals surface area (Å²) in [5, 5.41) is 10.6. The molecule has 5 heterocycles. The number of piperazine rings is 1. The zero-order chi connectivity index (χ0) is 29.1. The van der Waals surface area contributed by atoms with Gasteiger partial charge in [0.1, 0.15) is 23.1 Å². The predicted molar refractivity (Wildman–Crippen MR) is 157 cm³/mol. The van der Waals surface area contributed by atoms with Crippen LogP contribution in [-0.2, 0) is 16.0 Å². The first-order valence-corrected chi connectivity index (χ1v) is 14.9. The molecule has 3 saturated heterocycles. The molecular formula is C29H45N9O3. The van der Waals surface area contributed by atoms with Gasteiger partial charge in [0, 0.05) is 82.5 Å². The molecule has 3 fully saturated rings. The molecule has 2 aromatic heterocycles. The molecule has 0 radical (unpaired) electrons. The van der Waals surface area contributed by atoms with E-state index in [1.165, 1.54) is 0 Å². The fourth-order valence-corrected chi connectivity index (χ4v) is 5.80. The average molecular weight is 568 g/mol. The number of hydrogen-bond acceptors (Lipinski definition) is 9. The first kappa shape index (κ1) is 29.1. The number of nitrogens with zero attached hydrogens (tertiary/aromatic N) is 7. The first-order chi connectivity index (χ1) is 19.5. The molecule has 0 aliphatic carbocycles. The quantitative estimate of drug-likeness (QED) is 0.542. The number of rotatable bonds is 6. The minimum atomic E-state index is -0.517. The first-order valence-electron chi connectivity index (χ1n) is 14.9. The fraction of sp³-hybridized carbons (Fsp3) is 0.690. The Morgan fingerprint density at radius 1 is 0.976 bits per heavy atom. The second-order valence-electron chi connectivity index (χ2n) is 12.8. The van der Waals surface area contributed by atoms with Gasteiger partial charge in [-0.15, -0.1) is 0 Å². The minimum Gasteiger partial charge on any atom is -0.444 e. The summed E-state index contributed by atoms with van der Waals surface area (Å²) in [6.07, 6.45) is 2.72. The van der Waals surface area contributed by atoms with Gasteiger partial charge in [0.15, 0.2) is 5.82 Å². The maximum Gasteiger partial charge on any atom is 0.410 e. The number of carbonyl (C=O) groups excluding carboxylic acids is 2. The van der Waals surface area contributed by atoms with E-state index in [1.54, 1.807) is 4.90 Å². The number of carbonyl (C=O) groups is 2. The van der Waals surface area contributed by atoms with Gasteiger partial charge in [-0.05, 0) is 59.9 Å². The molecule has 12 nitrogen and oxygen atoms in total. The lowest BCUT2D eigenvalue weighted by molar-refractivity contribution is -0.136. The summed E-state index contributed by atoms with van der Waals surface area (Å²) in [6, 6.07) is 3.96. The highest BCUT2D eigenvalue weighted by Crippen LogP contribution is 2.28. The highest BCUT2D eigenvalue weighted by molar-refractivity contribution is 5.79. The summed E-state index contributed by atoms with van der Waals surface area (Å²) in [5.74, 6) is 3.66. The monoisotopic (exact) mass is 567 g/mol. The lowest BCUT2D eigenvalue weighted by atomic mass is 9.95. The Morgan fingerprint density at radius 3 is 2.34 bits per heavy atom. The Balaban J connectivity index is 1.19. The number of aryl methyl sites for hydroxylation is 1. The zero-order valence-electron chi connectivity index (χ0n) is 25.1. The SMILES string of the molecule is Cc1cc(Nc2cc(N3CCN(C)CC3)nc(C[C@H]3CCN(C(=O)C4CCN(C(=O)OC(C)(C)C)CC4)C3)n2)n[nH]1. The van der Waals surface area contributed by atoms with Crippen molar-refractivity contribution in [3.05, 3.63) is 23.7 Å². The van der Waals surface area contributed by atoms with Crippen molar-refractivity contribution in [2.75, 3.05) is 69.6 Å². The number of piperidine rings is 1. The summed E-state index contributed by atoms with van der Waals surface area (Å²) >= 11 is 0. The van der Waals surface area contributed by atoms with Gasteiger partial charge in [-0.3, -0.25) is 9.89 Å². The van der Waals surface area contributed by atoms with E-state index in [0.29, 0.717) is 38.4 Å². The summed E-state index contributed by atoms with van der Waals surface area (Å²) in [4.78, 5) is 44.0. The van der Waals surface area contributed by atoms with Crippen LogP contribution in [0.25, 0.3) is 0 Å². The van der Waals surface area contributed by atoms with Crippen LogP contribution in [0.4, 0.5) is 22.2 Å². The zero-order valence-corrected chi connectivity index (χ0v) is 25.1. The van der Waals surface area contributed by atoms with Crippen molar-refractivity contribution in [3.8, 4) is 0 Å². The van der Waals surface area contributed by atoms with Crippen molar-refractivity contribution in [2.45, 2.75) is 59.0 Å². The number of H-pyrrole nitrogens is 1. The van der Waals surface area contributed by atoms with Crippen LogP contribution >= 0.6 is 0 Å². The van der Waals surface area contributed by atoms with Crippen molar-refractivity contribution in [2.24, 2.45) is 11.8 Å². The maximum absolute atomic E-state index is 13.4. The highest BCUT2D eigenvalue weighted by Gasteiger charge is 2.35. The van der Waals surface area contributed by atoms with Crippen molar-refractivity contribution in [1.29, 1.82) is 0 Å². The van der Waals surface area contributed by atoms with Gasteiger partial charge in [0.05, 0.1) is 0 Å². The van der Waals surface area contributed by atoms with Gasteiger partial charge in [-0.2, -0.15) is 5.10 Å². The van der Waals surface area contributed by atoms with Gasteiger partial charge in [0.25, 0.3) is 0 Å². The molecule has 224 valence electrons. The van der Waals surface area contributed by atoms with Crippen molar-refractivity contribution >= 4 is 29.5 Å². The number of nitrogens with one attached hydrogen (secondary N) is 2. The number of likely N-dealkylation sites (tertiary alicyclic amines) is 2. The van der Waals surface area contributed by atoms with E-state index in [2.05, 4.69) is 32.4 Å². The van der Waals surface area contributed by atoms with Gasteiger partial charge in [-0.25, -0.2) is 14.8 Å². The smallest absolute Gasteiger partial charge is 0.410 e. The van der Waals surface area contributed by atoms with Crippen LogP contribution in [0.2, 0.25) is 0 Å².